The van der Waals surface area contributed by atoms with Gasteiger partial charge in [0.15, 0.2) is 5.60 Å². The predicted molar refractivity (Wildman–Crippen MR) is 109 cm³/mol. The van der Waals surface area contributed by atoms with Gasteiger partial charge in [0.1, 0.15) is 0 Å². The molecular formula is C22H19N3O4. The Morgan fingerprint density at radius 3 is 2.10 bits per heavy atom. The Balaban J connectivity index is 1.88. The number of nitrogens with zero attached hydrogens (tertiary/aromatic N) is 2. The van der Waals surface area contributed by atoms with Gasteiger partial charge in [0.2, 0.25) is 0 Å². The Morgan fingerprint density at radius 1 is 1.03 bits per heavy atom. The van der Waals surface area contributed by atoms with Crippen molar-refractivity contribution < 1.29 is 14.8 Å². The van der Waals surface area contributed by atoms with Gasteiger partial charge in [-0.2, -0.15) is 5.10 Å². The summed E-state index contributed by atoms with van der Waals surface area (Å²) in [6.45, 7) is 1.64. The number of aryl methyl sites for hydroxylation is 1. The quantitative estimate of drug-likeness (QED) is 0.383. The van der Waals surface area contributed by atoms with Crippen LogP contribution in [0.3, 0.4) is 0 Å². The van der Waals surface area contributed by atoms with Gasteiger partial charge in [-0.15, -0.1) is 0 Å². The number of aliphatic hydroxyl groups is 1. The molecule has 0 unspecified atom stereocenters. The topological polar surface area (TPSA) is 105 Å². The van der Waals surface area contributed by atoms with E-state index in [-0.39, 0.29) is 5.69 Å². The molecule has 0 atom stereocenters. The monoisotopic (exact) mass is 389 g/mol. The van der Waals surface area contributed by atoms with E-state index in [0.717, 1.165) is 0 Å². The number of rotatable bonds is 6. The molecule has 1 amide bonds. The molecule has 0 bridgehead atoms. The van der Waals surface area contributed by atoms with Gasteiger partial charge in [-0.1, -0.05) is 72.8 Å². The number of hydrogen-bond acceptors (Lipinski definition) is 5. The number of benzene rings is 3. The van der Waals surface area contributed by atoms with E-state index in [1.807, 2.05) is 0 Å². The third-order valence-corrected chi connectivity index (χ3v) is 4.52. The molecule has 0 spiro atoms. The zero-order chi connectivity index (χ0) is 20.9. The average Bonchev–Trinajstić information content (AvgIpc) is 2.75. The summed E-state index contributed by atoms with van der Waals surface area (Å²) in [4.78, 5) is 23.5. The number of carbonyl (C=O) groups excluding carboxylic acids is 1. The number of hydrogen-bond donors (Lipinski definition) is 2. The Hall–Kier alpha value is -3.84. The van der Waals surface area contributed by atoms with Crippen molar-refractivity contribution in [1.29, 1.82) is 0 Å². The summed E-state index contributed by atoms with van der Waals surface area (Å²) in [6.07, 6.45) is 1.29. The molecule has 0 heterocycles. The van der Waals surface area contributed by atoms with Crippen LogP contribution < -0.4 is 5.43 Å². The largest absolute Gasteiger partial charge is 0.372 e. The normalized spacial score (nSPS) is 11.4. The van der Waals surface area contributed by atoms with Crippen molar-refractivity contribution in [1.82, 2.24) is 5.43 Å². The Labute approximate surface area is 167 Å². The van der Waals surface area contributed by atoms with Crippen LogP contribution in [0.5, 0.6) is 0 Å². The van der Waals surface area contributed by atoms with E-state index in [1.165, 1.54) is 12.3 Å². The van der Waals surface area contributed by atoms with Crippen molar-refractivity contribution in [3.63, 3.8) is 0 Å². The predicted octanol–water partition coefficient (Wildman–Crippen LogP) is 3.29. The van der Waals surface area contributed by atoms with Gasteiger partial charge in [-0.3, -0.25) is 14.9 Å². The molecule has 0 aliphatic rings. The van der Waals surface area contributed by atoms with Gasteiger partial charge in [0.25, 0.3) is 11.6 Å². The maximum Gasteiger partial charge on any atom is 0.281 e. The smallest absolute Gasteiger partial charge is 0.281 e. The molecule has 0 aliphatic heterocycles. The standard InChI is InChI=1S/C22H19N3O4/c1-16-12-13-17(14-20(16)25(28)29)15-23-24-21(26)22(27,18-8-4-2-5-9-18)19-10-6-3-7-11-19/h2-15,27H,1H3,(H,24,26)/b23-15+. The van der Waals surface area contributed by atoms with Gasteiger partial charge < -0.3 is 5.11 Å². The second-order valence-electron chi connectivity index (χ2n) is 6.44. The van der Waals surface area contributed by atoms with Crippen molar-refractivity contribution in [2.24, 2.45) is 5.10 Å². The van der Waals surface area contributed by atoms with Gasteiger partial charge in [0.05, 0.1) is 11.1 Å². The SMILES string of the molecule is Cc1ccc(/C=N/NC(=O)C(O)(c2ccccc2)c2ccccc2)cc1[N+](=O)[O-]. The molecule has 7 heteroatoms. The van der Waals surface area contributed by atoms with Gasteiger partial charge in [-0.05, 0) is 18.1 Å². The van der Waals surface area contributed by atoms with Crippen molar-refractivity contribution in [2.45, 2.75) is 12.5 Å². The summed E-state index contributed by atoms with van der Waals surface area (Å²) < 4.78 is 0. The molecule has 0 aromatic heterocycles. The number of carbonyl (C=O) groups is 1. The van der Waals surface area contributed by atoms with Crippen molar-refractivity contribution in [2.75, 3.05) is 0 Å². The van der Waals surface area contributed by atoms with E-state index in [4.69, 9.17) is 0 Å². The second kappa shape index (κ2) is 8.45. The van der Waals surface area contributed by atoms with E-state index in [1.54, 1.807) is 79.7 Å². The molecule has 0 aliphatic carbocycles. The number of hydrazone groups is 1. The number of amides is 1. The van der Waals surface area contributed by atoms with E-state index >= 15 is 0 Å². The molecule has 2 N–H and O–H groups in total. The Morgan fingerprint density at radius 2 is 1.59 bits per heavy atom. The highest BCUT2D eigenvalue weighted by Crippen LogP contribution is 2.29. The minimum absolute atomic E-state index is 0.0367. The van der Waals surface area contributed by atoms with E-state index < -0.39 is 16.4 Å². The molecule has 0 saturated carbocycles. The molecule has 3 aromatic rings. The lowest BCUT2D eigenvalue weighted by atomic mass is 9.85. The highest BCUT2D eigenvalue weighted by molar-refractivity contribution is 5.91. The second-order valence-corrected chi connectivity index (χ2v) is 6.44. The third-order valence-electron chi connectivity index (χ3n) is 4.52. The molecule has 146 valence electrons. The molecule has 3 rings (SSSR count). The molecule has 7 nitrogen and oxygen atoms in total. The molecule has 0 radical (unpaired) electrons. The number of nitro groups is 1. The maximum atomic E-state index is 12.9. The Bertz CT molecular complexity index is 1010. The van der Waals surface area contributed by atoms with E-state index in [9.17, 15) is 20.0 Å². The molecule has 3 aromatic carbocycles. The fourth-order valence-electron chi connectivity index (χ4n) is 2.94. The van der Waals surface area contributed by atoms with Crippen LogP contribution in [0, 0.1) is 17.0 Å². The first-order valence-electron chi connectivity index (χ1n) is 8.85. The van der Waals surface area contributed by atoms with Gasteiger partial charge in [0, 0.05) is 17.2 Å². The summed E-state index contributed by atoms with van der Waals surface area (Å²) >= 11 is 0. The van der Waals surface area contributed by atoms with Crippen LogP contribution in [0.4, 0.5) is 5.69 Å². The minimum Gasteiger partial charge on any atom is -0.372 e. The summed E-state index contributed by atoms with van der Waals surface area (Å²) in [5.74, 6) is -0.743. The molecule has 0 saturated heterocycles. The highest BCUT2D eigenvalue weighted by Gasteiger charge is 2.39. The van der Waals surface area contributed by atoms with Gasteiger partial charge >= 0.3 is 0 Å². The summed E-state index contributed by atoms with van der Waals surface area (Å²) in [5.41, 5.74) is 2.12. The molecule has 29 heavy (non-hydrogen) atoms. The van der Waals surface area contributed by atoms with Crippen LogP contribution in [0.25, 0.3) is 0 Å². The van der Waals surface area contributed by atoms with Crippen LogP contribution in [-0.4, -0.2) is 22.2 Å². The summed E-state index contributed by atoms with van der Waals surface area (Å²) in [5, 5.41) is 26.2. The van der Waals surface area contributed by atoms with Crippen molar-refractivity contribution in [3.8, 4) is 0 Å². The first-order valence-corrected chi connectivity index (χ1v) is 8.85. The zero-order valence-electron chi connectivity index (χ0n) is 15.6. The minimum atomic E-state index is -1.95. The summed E-state index contributed by atoms with van der Waals surface area (Å²) in [7, 11) is 0. The molecule has 0 fully saturated rings. The first kappa shape index (κ1) is 19.9. The van der Waals surface area contributed by atoms with Crippen LogP contribution in [-0.2, 0) is 10.4 Å². The fraction of sp³-hybridized carbons (Fsp3) is 0.0909. The summed E-state index contributed by atoms with van der Waals surface area (Å²) in [6, 6.07) is 21.7. The highest BCUT2D eigenvalue weighted by atomic mass is 16.6. The molecular weight excluding hydrogens is 370 g/mol. The number of nitro benzene ring substituents is 1. The Kier molecular flexibility index (Phi) is 5.80. The van der Waals surface area contributed by atoms with Crippen molar-refractivity contribution >= 4 is 17.8 Å². The fourth-order valence-corrected chi connectivity index (χ4v) is 2.94. The van der Waals surface area contributed by atoms with Gasteiger partial charge in [-0.25, -0.2) is 5.43 Å². The lowest BCUT2D eigenvalue weighted by Crippen LogP contribution is -2.43. The van der Waals surface area contributed by atoms with E-state index in [0.29, 0.717) is 22.3 Å². The van der Waals surface area contributed by atoms with Crippen molar-refractivity contribution in [3.05, 3.63) is 111 Å². The van der Waals surface area contributed by atoms with Crippen LogP contribution >= 0.6 is 0 Å². The zero-order valence-corrected chi connectivity index (χ0v) is 15.6. The van der Waals surface area contributed by atoms with E-state index in [2.05, 4.69) is 10.5 Å². The van der Waals surface area contributed by atoms with Crippen LogP contribution in [0.1, 0.15) is 22.3 Å². The number of nitrogens with one attached hydrogen (secondary N) is 1. The lowest BCUT2D eigenvalue weighted by Gasteiger charge is -2.27. The third kappa shape index (κ3) is 4.20. The lowest BCUT2D eigenvalue weighted by molar-refractivity contribution is -0.385. The average molecular weight is 389 g/mol. The first-order chi connectivity index (χ1) is 13.9. The van der Waals surface area contributed by atoms with Crippen LogP contribution in [0.15, 0.2) is 84.0 Å². The van der Waals surface area contributed by atoms with Crippen LogP contribution in [0.2, 0.25) is 0 Å². The maximum absolute atomic E-state index is 12.9.